The molecule has 266 valence electrons. The summed E-state index contributed by atoms with van der Waals surface area (Å²) >= 11 is 7.59. The van der Waals surface area contributed by atoms with Crippen LogP contribution in [0.1, 0.15) is 48.8 Å². The Kier molecular flexibility index (Phi) is 9.39. The number of carbonyl (C=O) groups excluding carboxylic acids is 3. The number of amides is 4. The summed E-state index contributed by atoms with van der Waals surface area (Å²) in [5, 5.41) is 5.43. The van der Waals surface area contributed by atoms with Gasteiger partial charge in [-0.3, -0.25) is 15.0 Å². The number of piperidine rings is 2. The largest absolute Gasteiger partial charge is 0.436 e. The van der Waals surface area contributed by atoms with Gasteiger partial charge in [0.25, 0.3) is 5.91 Å². The van der Waals surface area contributed by atoms with Crippen molar-refractivity contribution in [3.05, 3.63) is 45.3 Å². The number of hydrogen-bond acceptors (Lipinski definition) is 8. The number of nitrogens with one attached hydrogen (secondary N) is 1. The van der Waals surface area contributed by atoms with Crippen molar-refractivity contribution in [2.24, 2.45) is 0 Å². The molecule has 3 atom stereocenters. The van der Waals surface area contributed by atoms with Crippen LogP contribution in [0.4, 0.5) is 33.4 Å². The van der Waals surface area contributed by atoms with Crippen LogP contribution in [0.2, 0.25) is 5.02 Å². The van der Waals surface area contributed by atoms with E-state index in [2.05, 4.69) is 22.2 Å². The molecule has 2 unspecified atom stereocenters. The highest BCUT2D eigenvalue weighted by atomic mass is 35.5. The van der Waals surface area contributed by atoms with Crippen molar-refractivity contribution in [1.29, 1.82) is 0 Å². The lowest BCUT2D eigenvalue weighted by Crippen LogP contribution is -2.55. The van der Waals surface area contributed by atoms with Gasteiger partial charge in [-0.2, -0.15) is 13.2 Å². The summed E-state index contributed by atoms with van der Waals surface area (Å²) in [4.78, 5) is 50.2. The normalized spacial score (nSPS) is 24.7. The Labute approximate surface area is 292 Å². The van der Waals surface area contributed by atoms with E-state index in [4.69, 9.17) is 22.1 Å². The van der Waals surface area contributed by atoms with Gasteiger partial charge in [0.05, 0.1) is 22.8 Å². The highest BCUT2D eigenvalue weighted by Crippen LogP contribution is 2.39. The molecule has 0 radical (unpaired) electrons. The predicted molar refractivity (Wildman–Crippen MR) is 179 cm³/mol. The smallest absolute Gasteiger partial charge is 0.418 e. The summed E-state index contributed by atoms with van der Waals surface area (Å²) in [5.74, 6) is -0.442. The number of nitrogens with two attached hydrogens (primary N) is 1. The predicted octanol–water partition coefficient (Wildman–Crippen LogP) is 4.94. The number of nitrogens with zero attached hydrogens (tertiary/aromatic N) is 5. The summed E-state index contributed by atoms with van der Waals surface area (Å²) in [5.41, 5.74) is 5.10. The molecule has 7 rings (SSSR count). The van der Waals surface area contributed by atoms with E-state index in [1.165, 1.54) is 22.3 Å². The molecule has 11 nitrogen and oxygen atoms in total. The van der Waals surface area contributed by atoms with Gasteiger partial charge in [-0.15, -0.1) is 11.3 Å². The number of urea groups is 1. The molecule has 0 saturated carbocycles. The molecular formula is C33H41ClF3N7O4S. The zero-order valence-corrected chi connectivity index (χ0v) is 28.8. The zero-order chi connectivity index (χ0) is 34.6. The van der Waals surface area contributed by atoms with Crippen LogP contribution in [0.15, 0.2) is 23.6 Å². The third kappa shape index (κ3) is 6.91. The summed E-state index contributed by atoms with van der Waals surface area (Å²) in [6, 6.07) is 5.34. The molecule has 4 amide bonds. The first-order chi connectivity index (χ1) is 23.4. The second kappa shape index (κ2) is 13.5. The number of piperazine rings is 1. The maximum absolute atomic E-state index is 14.0. The number of fused-ring (bicyclic) bond motifs is 3. The van der Waals surface area contributed by atoms with Crippen molar-refractivity contribution in [2.75, 3.05) is 57.4 Å². The number of likely N-dealkylation sites (tertiary alicyclic amines) is 4. The van der Waals surface area contributed by atoms with Gasteiger partial charge < -0.3 is 30.1 Å². The Hall–Kier alpha value is -3.27. The van der Waals surface area contributed by atoms with E-state index >= 15 is 0 Å². The van der Waals surface area contributed by atoms with Crippen LogP contribution >= 0.6 is 22.9 Å². The van der Waals surface area contributed by atoms with Crippen LogP contribution in [0.3, 0.4) is 0 Å². The fourth-order valence-corrected chi connectivity index (χ4v) is 9.27. The molecule has 0 aliphatic carbocycles. The first-order valence-electron chi connectivity index (χ1n) is 16.8. The number of nitrogen functional groups attached to an aromatic ring is 1. The third-order valence-electron chi connectivity index (χ3n) is 11.0. The Morgan fingerprint density at radius 2 is 1.73 bits per heavy atom. The minimum absolute atomic E-state index is 0.0836. The molecule has 2 bridgehead atoms. The maximum Gasteiger partial charge on any atom is 0.418 e. The van der Waals surface area contributed by atoms with Crippen molar-refractivity contribution in [3.63, 3.8) is 0 Å². The minimum Gasteiger partial charge on any atom is -0.436 e. The number of anilines is 2. The molecule has 1 aromatic heterocycles. The lowest BCUT2D eigenvalue weighted by Gasteiger charge is -2.42. The number of hydrogen-bond donors (Lipinski definition) is 2. The lowest BCUT2D eigenvalue weighted by molar-refractivity contribution is -0.142. The van der Waals surface area contributed by atoms with Gasteiger partial charge in [-0.05, 0) is 68.3 Å². The van der Waals surface area contributed by atoms with Gasteiger partial charge in [0, 0.05) is 75.4 Å². The number of rotatable bonds is 6. The molecule has 1 aromatic carbocycles. The van der Waals surface area contributed by atoms with Crippen molar-refractivity contribution in [1.82, 2.24) is 24.5 Å². The number of thiophene rings is 1. The summed E-state index contributed by atoms with van der Waals surface area (Å²) in [7, 11) is 2.16. The van der Waals surface area contributed by atoms with Crippen molar-refractivity contribution < 1.29 is 32.3 Å². The van der Waals surface area contributed by atoms with Gasteiger partial charge in [-0.25, -0.2) is 9.59 Å². The highest BCUT2D eigenvalue weighted by Gasteiger charge is 2.45. The first-order valence-corrected chi connectivity index (χ1v) is 18.1. The third-order valence-corrected chi connectivity index (χ3v) is 12.2. The Bertz CT molecular complexity index is 1590. The van der Waals surface area contributed by atoms with Gasteiger partial charge in [-0.1, -0.05) is 11.6 Å². The quantitative estimate of drug-likeness (QED) is 0.406. The molecule has 16 heteroatoms. The van der Waals surface area contributed by atoms with Crippen molar-refractivity contribution >= 4 is 51.7 Å². The van der Waals surface area contributed by atoms with Crippen LogP contribution in [0.25, 0.3) is 0 Å². The molecule has 4 fully saturated rings. The van der Waals surface area contributed by atoms with Crippen LogP contribution < -0.4 is 11.1 Å². The molecule has 3 N–H and O–H groups in total. The SMILES string of the molecule is CN1CC2CC1CN2C1CCN(C(=O)[C@@H](Cc2cc(Cl)c(N)c(C(F)(F)F)c2)OC(=O)N2CCC(N3Cc4ccsc4NC3=O)CC2)CC1. The summed E-state index contributed by atoms with van der Waals surface area (Å²) in [6.45, 7) is 4.09. The maximum atomic E-state index is 14.0. The monoisotopic (exact) mass is 723 g/mol. The molecule has 49 heavy (non-hydrogen) atoms. The van der Waals surface area contributed by atoms with E-state index < -0.39 is 35.5 Å². The molecule has 5 aliphatic rings. The Morgan fingerprint density at radius 3 is 2.39 bits per heavy atom. The van der Waals surface area contributed by atoms with Gasteiger partial charge in [0.1, 0.15) is 5.00 Å². The molecule has 6 heterocycles. The van der Waals surface area contributed by atoms with Crippen LogP contribution in [-0.2, 0) is 28.7 Å². The number of benzene rings is 1. The van der Waals surface area contributed by atoms with E-state index in [1.54, 1.807) is 9.80 Å². The van der Waals surface area contributed by atoms with Crippen LogP contribution in [0, 0.1) is 0 Å². The van der Waals surface area contributed by atoms with E-state index in [0.29, 0.717) is 63.7 Å². The molecule has 4 saturated heterocycles. The van der Waals surface area contributed by atoms with E-state index in [0.717, 1.165) is 49.0 Å². The Balaban J connectivity index is 1.02. The van der Waals surface area contributed by atoms with Gasteiger partial charge in [0.15, 0.2) is 6.10 Å². The molecule has 5 aliphatic heterocycles. The number of likely N-dealkylation sites (N-methyl/N-ethyl adjacent to an activating group) is 1. The second-order valence-electron chi connectivity index (χ2n) is 13.9. The number of halogens is 4. The fraction of sp³-hybridized carbons (Fsp3) is 0.606. The first kappa shape index (κ1) is 34.2. The van der Waals surface area contributed by atoms with Crippen molar-refractivity contribution in [3.8, 4) is 0 Å². The second-order valence-corrected chi connectivity index (χ2v) is 15.2. The average Bonchev–Trinajstić information content (AvgIpc) is 3.80. The van der Waals surface area contributed by atoms with Gasteiger partial charge in [0.2, 0.25) is 0 Å². The zero-order valence-electron chi connectivity index (χ0n) is 27.3. The van der Waals surface area contributed by atoms with E-state index in [1.807, 2.05) is 11.4 Å². The number of ether oxygens (including phenoxy) is 1. The van der Waals surface area contributed by atoms with Crippen LogP contribution in [-0.4, -0.2) is 119 Å². The highest BCUT2D eigenvalue weighted by molar-refractivity contribution is 7.14. The Morgan fingerprint density at radius 1 is 1.04 bits per heavy atom. The van der Waals surface area contributed by atoms with Crippen molar-refractivity contribution in [2.45, 2.75) is 81.5 Å². The summed E-state index contributed by atoms with van der Waals surface area (Å²) in [6.07, 6.45) is -3.37. The average molecular weight is 724 g/mol. The van der Waals surface area contributed by atoms with E-state index in [-0.39, 0.29) is 29.1 Å². The standard InChI is InChI=1S/C33H41ClF3N7O4S/c1-40-17-24-15-23(40)18-43(24)21-2-7-41(8-3-21)30(45)27(14-19-12-25(33(35,36)37)28(38)26(34)13-19)48-32(47)42-9-4-22(5-10-42)44-16-20-6-11-49-29(20)39-31(44)46/h6,11-13,21-24,27H,2-5,7-10,14-18,38H2,1H3,(H,39,46)/t23?,24?,27-/m1/s1. The lowest BCUT2D eigenvalue weighted by atomic mass is 9.99. The minimum atomic E-state index is -4.76. The fourth-order valence-electron chi connectivity index (χ4n) is 8.23. The van der Waals surface area contributed by atoms with Gasteiger partial charge >= 0.3 is 18.3 Å². The number of carbonyl (C=O) groups is 3. The summed E-state index contributed by atoms with van der Waals surface area (Å²) < 4.78 is 47.2. The van der Waals surface area contributed by atoms with Crippen LogP contribution in [0.5, 0.6) is 0 Å². The number of alkyl halides is 3. The van der Waals surface area contributed by atoms with E-state index in [9.17, 15) is 27.6 Å². The topological polar surface area (TPSA) is 115 Å². The molecular weight excluding hydrogens is 683 g/mol. The molecule has 0 spiro atoms. The molecule has 2 aromatic rings.